The highest BCUT2D eigenvalue weighted by Crippen LogP contribution is 2.29. The molecule has 0 radical (unpaired) electrons. The Bertz CT molecular complexity index is 671. The highest BCUT2D eigenvalue weighted by molar-refractivity contribution is 5.22. The molecule has 0 bridgehead atoms. The summed E-state index contributed by atoms with van der Waals surface area (Å²) in [5, 5.41) is 13.1. The maximum absolute atomic E-state index is 4.56. The van der Waals surface area contributed by atoms with Crippen LogP contribution in [0, 0.1) is 0 Å². The van der Waals surface area contributed by atoms with E-state index in [9.17, 15) is 0 Å². The number of piperazine rings is 1. The Morgan fingerprint density at radius 3 is 2.46 bits per heavy atom. The molecule has 26 heavy (non-hydrogen) atoms. The molecule has 6 heteroatoms. The van der Waals surface area contributed by atoms with Crippen molar-refractivity contribution in [1.82, 2.24) is 20.2 Å². The van der Waals surface area contributed by atoms with Gasteiger partial charge in [0.1, 0.15) is 26.2 Å². The van der Waals surface area contributed by atoms with Gasteiger partial charge in [0.2, 0.25) is 5.82 Å². The largest absolute Gasteiger partial charge is 0.326 e. The minimum absolute atomic E-state index is 0.242. The normalized spacial score (nSPS) is 25.9. The van der Waals surface area contributed by atoms with Gasteiger partial charge >= 0.3 is 0 Å². The van der Waals surface area contributed by atoms with Crippen LogP contribution >= 0.6 is 0 Å². The smallest absolute Gasteiger partial charge is 0.214 e. The molecule has 4 rings (SSSR count). The molecular formula is C20H32N6+2. The second-order valence-electron chi connectivity index (χ2n) is 7.88. The van der Waals surface area contributed by atoms with E-state index in [-0.39, 0.29) is 6.04 Å². The molecule has 6 nitrogen and oxygen atoms in total. The molecule has 1 atom stereocenters. The van der Waals surface area contributed by atoms with E-state index < -0.39 is 0 Å². The highest BCUT2D eigenvalue weighted by atomic mass is 15.6. The zero-order chi connectivity index (χ0) is 17.8. The Morgan fingerprint density at radius 2 is 1.77 bits per heavy atom. The van der Waals surface area contributed by atoms with Gasteiger partial charge in [0.05, 0.1) is 12.6 Å². The number of hydrogen-bond acceptors (Lipinski definition) is 3. The molecule has 0 unspecified atom stereocenters. The van der Waals surface area contributed by atoms with Crippen LogP contribution in [0.4, 0.5) is 0 Å². The molecule has 1 aliphatic heterocycles. The molecule has 2 aromatic rings. The number of nitrogens with one attached hydrogen (secondary N) is 2. The molecule has 2 N–H and O–H groups in total. The quantitative estimate of drug-likeness (QED) is 0.797. The van der Waals surface area contributed by atoms with E-state index in [2.05, 4.69) is 57.5 Å². The SMILES string of the molecule is CC[NH+]1CC[NH+]([C@H](c2ccccc2)c2nnnn2C2CCCCC2)CC1. The van der Waals surface area contributed by atoms with Crippen molar-refractivity contribution in [1.29, 1.82) is 0 Å². The van der Waals surface area contributed by atoms with Crippen LogP contribution < -0.4 is 9.80 Å². The second-order valence-corrected chi connectivity index (χ2v) is 7.88. The van der Waals surface area contributed by atoms with Crippen LogP contribution in [0.1, 0.15) is 62.5 Å². The lowest BCUT2D eigenvalue weighted by molar-refractivity contribution is -1.02. The van der Waals surface area contributed by atoms with Crippen LogP contribution in [0.3, 0.4) is 0 Å². The minimum atomic E-state index is 0.242. The van der Waals surface area contributed by atoms with E-state index in [0.717, 1.165) is 5.82 Å². The van der Waals surface area contributed by atoms with Crippen molar-refractivity contribution in [2.75, 3.05) is 32.7 Å². The zero-order valence-corrected chi connectivity index (χ0v) is 15.9. The summed E-state index contributed by atoms with van der Waals surface area (Å²) in [5.41, 5.74) is 1.34. The van der Waals surface area contributed by atoms with Gasteiger partial charge in [0.15, 0.2) is 6.04 Å². The summed E-state index contributed by atoms with van der Waals surface area (Å²) in [6.45, 7) is 8.35. The molecule has 1 aliphatic carbocycles. The summed E-state index contributed by atoms with van der Waals surface area (Å²) < 4.78 is 2.17. The Hall–Kier alpha value is -1.79. The number of tetrazole rings is 1. The third-order valence-corrected chi connectivity index (χ3v) is 6.34. The van der Waals surface area contributed by atoms with Crippen molar-refractivity contribution in [3.05, 3.63) is 41.7 Å². The van der Waals surface area contributed by atoms with Crippen LogP contribution in [0.2, 0.25) is 0 Å². The molecule has 1 saturated carbocycles. The Balaban J connectivity index is 1.65. The number of hydrogen-bond donors (Lipinski definition) is 2. The molecule has 140 valence electrons. The summed E-state index contributed by atoms with van der Waals surface area (Å²) in [4.78, 5) is 3.33. The van der Waals surface area contributed by atoms with Gasteiger partial charge in [-0.15, -0.1) is 5.10 Å². The Labute approximate surface area is 156 Å². The molecule has 0 amide bonds. The van der Waals surface area contributed by atoms with Gasteiger partial charge in [-0.25, -0.2) is 4.68 Å². The lowest BCUT2D eigenvalue weighted by Gasteiger charge is -2.34. The first-order chi connectivity index (χ1) is 12.9. The maximum atomic E-state index is 4.56. The van der Waals surface area contributed by atoms with E-state index in [1.54, 1.807) is 9.80 Å². The van der Waals surface area contributed by atoms with Crippen molar-refractivity contribution in [3.8, 4) is 0 Å². The van der Waals surface area contributed by atoms with Gasteiger partial charge < -0.3 is 9.80 Å². The third-order valence-electron chi connectivity index (χ3n) is 6.34. The van der Waals surface area contributed by atoms with E-state index in [1.165, 1.54) is 70.4 Å². The number of benzene rings is 1. The predicted molar refractivity (Wildman–Crippen MR) is 100 cm³/mol. The number of nitrogens with zero attached hydrogens (tertiary/aromatic N) is 4. The maximum Gasteiger partial charge on any atom is 0.214 e. The van der Waals surface area contributed by atoms with Gasteiger partial charge in [0, 0.05) is 5.56 Å². The average Bonchev–Trinajstić information content (AvgIpc) is 3.19. The third kappa shape index (κ3) is 3.67. The summed E-state index contributed by atoms with van der Waals surface area (Å²) in [6, 6.07) is 11.6. The van der Waals surface area contributed by atoms with Gasteiger partial charge in [-0.2, -0.15) is 0 Å². The Kier molecular flexibility index (Phi) is 5.60. The fourth-order valence-electron chi connectivity index (χ4n) is 4.76. The standard InChI is InChI=1S/C20H30N6/c1-2-24-13-15-25(16-14-24)19(17-9-5-3-6-10-17)20-21-22-23-26(20)18-11-7-4-8-12-18/h3,5-6,9-10,18-19H,2,4,7-8,11-16H2,1H3/p+2/t19-/m1/s1. The summed E-state index contributed by atoms with van der Waals surface area (Å²) >= 11 is 0. The lowest BCUT2D eigenvalue weighted by atomic mass is 9.95. The molecule has 2 heterocycles. The predicted octanol–water partition coefficient (Wildman–Crippen LogP) is 0.0710. The van der Waals surface area contributed by atoms with Crippen LogP contribution in [-0.2, 0) is 0 Å². The monoisotopic (exact) mass is 356 g/mol. The van der Waals surface area contributed by atoms with Crippen LogP contribution in [0.5, 0.6) is 0 Å². The topological polar surface area (TPSA) is 52.5 Å². The van der Waals surface area contributed by atoms with Gasteiger partial charge in [0.25, 0.3) is 0 Å². The summed E-state index contributed by atoms with van der Waals surface area (Å²) in [5.74, 6) is 1.07. The number of quaternary nitrogens is 2. The van der Waals surface area contributed by atoms with Crippen molar-refractivity contribution >= 4 is 0 Å². The fraction of sp³-hybridized carbons (Fsp3) is 0.650. The average molecular weight is 357 g/mol. The van der Waals surface area contributed by atoms with E-state index >= 15 is 0 Å². The molecular weight excluding hydrogens is 324 g/mol. The van der Waals surface area contributed by atoms with Crippen LogP contribution in [0.25, 0.3) is 0 Å². The van der Waals surface area contributed by atoms with E-state index in [1.807, 2.05) is 0 Å². The zero-order valence-electron chi connectivity index (χ0n) is 15.9. The van der Waals surface area contributed by atoms with Crippen molar-refractivity contribution in [2.45, 2.75) is 51.1 Å². The minimum Gasteiger partial charge on any atom is -0.326 e. The van der Waals surface area contributed by atoms with Crippen molar-refractivity contribution in [2.24, 2.45) is 0 Å². The van der Waals surface area contributed by atoms with E-state index in [4.69, 9.17) is 0 Å². The van der Waals surface area contributed by atoms with Crippen LogP contribution in [0.15, 0.2) is 30.3 Å². The highest BCUT2D eigenvalue weighted by Gasteiger charge is 2.36. The molecule has 0 spiro atoms. The number of rotatable bonds is 5. The van der Waals surface area contributed by atoms with E-state index in [0.29, 0.717) is 6.04 Å². The second kappa shape index (κ2) is 8.27. The van der Waals surface area contributed by atoms with Crippen molar-refractivity contribution in [3.63, 3.8) is 0 Å². The van der Waals surface area contributed by atoms with Crippen molar-refractivity contribution < 1.29 is 9.80 Å². The first kappa shape index (κ1) is 17.6. The van der Waals surface area contributed by atoms with Gasteiger partial charge in [-0.1, -0.05) is 49.6 Å². The first-order valence-electron chi connectivity index (χ1n) is 10.4. The first-order valence-corrected chi connectivity index (χ1v) is 10.4. The molecule has 2 aliphatic rings. The molecule has 2 fully saturated rings. The molecule has 1 saturated heterocycles. The van der Waals surface area contributed by atoms with Gasteiger partial charge in [-0.05, 0) is 30.2 Å². The number of likely N-dealkylation sites (N-methyl/N-ethyl adjacent to an activating group) is 1. The summed E-state index contributed by atoms with van der Waals surface area (Å²) in [7, 11) is 0. The lowest BCUT2D eigenvalue weighted by Crippen LogP contribution is -3.28. The van der Waals surface area contributed by atoms with Gasteiger partial charge in [-0.3, -0.25) is 0 Å². The molecule has 1 aromatic heterocycles. The van der Waals surface area contributed by atoms with Crippen LogP contribution in [-0.4, -0.2) is 52.9 Å². The number of aromatic nitrogens is 4. The fourth-order valence-corrected chi connectivity index (χ4v) is 4.76. The Morgan fingerprint density at radius 1 is 1.04 bits per heavy atom. The summed E-state index contributed by atoms with van der Waals surface area (Å²) in [6.07, 6.45) is 6.37. The molecule has 1 aromatic carbocycles.